The fourth-order valence-electron chi connectivity index (χ4n) is 1.95. The van der Waals surface area contributed by atoms with Gasteiger partial charge in [-0.15, -0.1) is 0 Å². The molecule has 0 aliphatic heterocycles. The third-order valence-electron chi connectivity index (χ3n) is 3.25. The number of benzene rings is 1. The van der Waals surface area contributed by atoms with Gasteiger partial charge in [-0.25, -0.2) is 4.79 Å². The van der Waals surface area contributed by atoms with Crippen LogP contribution in [-0.2, 0) is 0 Å². The van der Waals surface area contributed by atoms with E-state index in [0.717, 1.165) is 0 Å². The summed E-state index contributed by atoms with van der Waals surface area (Å²) in [6.45, 7) is 2.62. The minimum atomic E-state index is -0.277. The molecule has 1 unspecified atom stereocenters. The smallest absolute Gasteiger partial charge is 0.319 e. The Morgan fingerprint density at radius 3 is 2.91 bits per heavy atom. The molecule has 0 radical (unpaired) electrons. The van der Waals surface area contributed by atoms with Gasteiger partial charge in [-0.05, 0) is 30.5 Å². The van der Waals surface area contributed by atoms with Gasteiger partial charge in [0.15, 0.2) is 5.58 Å². The molecule has 1 aromatic heterocycles. The van der Waals surface area contributed by atoms with Gasteiger partial charge in [0.25, 0.3) is 6.01 Å². The molecule has 22 heavy (non-hydrogen) atoms. The van der Waals surface area contributed by atoms with Crippen LogP contribution in [0.1, 0.15) is 13.3 Å². The van der Waals surface area contributed by atoms with Gasteiger partial charge in [-0.2, -0.15) is 4.98 Å². The van der Waals surface area contributed by atoms with Gasteiger partial charge in [0, 0.05) is 32.9 Å². The van der Waals surface area contributed by atoms with Gasteiger partial charge in [-0.3, -0.25) is 0 Å². The van der Waals surface area contributed by atoms with Gasteiger partial charge in [0.2, 0.25) is 0 Å². The highest BCUT2D eigenvalue weighted by molar-refractivity contribution is 5.91. The van der Waals surface area contributed by atoms with E-state index in [9.17, 15) is 4.79 Å². The maximum Gasteiger partial charge on any atom is 0.319 e. The summed E-state index contributed by atoms with van der Waals surface area (Å²) < 4.78 is 5.56. The zero-order valence-electron chi connectivity index (χ0n) is 13.1. The second kappa shape index (κ2) is 7.13. The summed E-state index contributed by atoms with van der Waals surface area (Å²) >= 11 is 0. The number of aliphatic hydroxyl groups excluding tert-OH is 1. The van der Waals surface area contributed by atoms with Crippen LogP contribution < -0.4 is 15.5 Å². The number of fused-ring (bicyclic) bond motifs is 1. The zero-order chi connectivity index (χ0) is 16.1. The molecule has 0 saturated heterocycles. The normalized spacial score (nSPS) is 12.2. The molecule has 1 heterocycles. The van der Waals surface area contributed by atoms with Crippen LogP contribution in [0.25, 0.3) is 11.1 Å². The molecular formula is C15H22N4O3. The number of urea groups is 1. The fraction of sp³-hybridized carbons (Fsp3) is 0.467. The Kier molecular flexibility index (Phi) is 5.21. The molecule has 0 fully saturated rings. The van der Waals surface area contributed by atoms with E-state index in [1.54, 1.807) is 23.1 Å². The summed E-state index contributed by atoms with van der Waals surface area (Å²) in [5.41, 5.74) is 2.01. The van der Waals surface area contributed by atoms with Crippen molar-refractivity contribution in [1.82, 2.24) is 10.3 Å². The second-order valence-corrected chi connectivity index (χ2v) is 5.53. The molecule has 0 aliphatic carbocycles. The van der Waals surface area contributed by atoms with Crippen molar-refractivity contribution in [2.75, 3.05) is 37.5 Å². The number of nitrogens with zero attached hydrogens (tertiary/aromatic N) is 2. The fourth-order valence-corrected chi connectivity index (χ4v) is 1.95. The molecule has 2 amide bonds. The molecule has 120 valence electrons. The number of carbonyl (C=O) groups is 1. The highest BCUT2D eigenvalue weighted by Crippen LogP contribution is 2.23. The monoisotopic (exact) mass is 306 g/mol. The Labute approximate surface area is 129 Å². The number of carbonyl (C=O) groups excluding carboxylic acids is 1. The van der Waals surface area contributed by atoms with E-state index in [0.29, 0.717) is 35.8 Å². The number of aromatic nitrogens is 1. The largest absolute Gasteiger partial charge is 0.423 e. The number of nitrogens with one attached hydrogen (secondary N) is 2. The third-order valence-corrected chi connectivity index (χ3v) is 3.25. The van der Waals surface area contributed by atoms with Crippen LogP contribution in [0.15, 0.2) is 22.6 Å². The van der Waals surface area contributed by atoms with Crippen molar-refractivity contribution >= 4 is 28.8 Å². The van der Waals surface area contributed by atoms with Crippen LogP contribution in [0.3, 0.4) is 0 Å². The molecule has 1 atom stereocenters. The van der Waals surface area contributed by atoms with Crippen molar-refractivity contribution in [3.63, 3.8) is 0 Å². The third kappa shape index (κ3) is 4.11. The van der Waals surface area contributed by atoms with Gasteiger partial charge in [-0.1, -0.05) is 6.92 Å². The quantitative estimate of drug-likeness (QED) is 0.759. The lowest BCUT2D eigenvalue weighted by molar-refractivity contribution is 0.243. The standard InChI is InChI=1S/C15H22N4O3/c1-10(6-7-20)9-16-14(21)17-11-4-5-13-12(8-11)18-15(22-13)19(2)3/h4-5,8,10,20H,6-7,9H2,1-3H3,(H2,16,17,21). The van der Waals surface area contributed by atoms with E-state index in [-0.39, 0.29) is 18.6 Å². The number of anilines is 2. The highest BCUT2D eigenvalue weighted by Gasteiger charge is 2.10. The van der Waals surface area contributed by atoms with Crippen molar-refractivity contribution in [1.29, 1.82) is 0 Å². The maximum absolute atomic E-state index is 11.8. The summed E-state index contributed by atoms with van der Waals surface area (Å²) in [7, 11) is 3.70. The summed E-state index contributed by atoms with van der Waals surface area (Å²) in [5, 5.41) is 14.4. The molecule has 7 nitrogen and oxygen atoms in total. The molecule has 0 spiro atoms. The molecule has 0 saturated carbocycles. The Hall–Kier alpha value is -2.28. The average Bonchev–Trinajstić information content (AvgIpc) is 2.89. The first kappa shape index (κ1) is 16.1. The van der Waals surface area contributed by atoms with Crippen LogP contribution in [0, 0.1) is 5.92 Å². The van der Waals surface area contributed by atoms with Gasteiger partial charge in [0.05, 0.1) is 0 Å². The Bertz CT molecular complexity index is 639. The summed E-state index contributed by atoms with van der Waals surface area (Å²) in [6.07, 6.45) is 0.665. The number of rotatable bonds is 6. The number of oxazole rings is 1. The van der Waals surface area contributed by atoms with Crippen molar-refractivity contribution in [2.24, 2.45) is 5.92 Å². The minimum Gasteiger partial charge on any atom is -0.423 e. The molecule has 0 bridgehead atoms. The van der Waals surface area contributed by atoms with E-state index < -0.39 is 0 Å². The molecule has 1 aromatic carbocycles. The van der Waals surface area contributed by atoms with E-state index in [2.05, 4.69) is 15.6 Å². The van der Waals surface area contributed by atoms with Crippen LogP contribution >= 0.6 is 0 Å². The summed E-state index contributed by atoms with van der Waals surface area (Å²) in [6, 6.07) is 5.56. The molecule has 3 N–H and O–H groups in total. The van der Waals surface area contributed by atoms with Crippen LogP contribution in [0.4, 0.5) is 16.5 Å². The molecule has 0 aliphatic rings. The van der Waals surface area contributed by atoms with Gasteiger partial charge >= 0.3 is 6.03 Å². The number of aliphatic hydroxyl groups is 1. The topological polar surface area (TPSA) is 90.6 Å². The van der Waals surface area contributed by atoms with Gasteiger partial charge in [0.1, 0.15) is 5.52 Å². The van der Waals surface area contributed by atoms with E-state index in [1.165, 1.54) is 0 Å². The zero-order valence-corrected chi connectivity index (χ0v) is 13.1. The first-order chi connectivity index (χ1) is 10.5. The van der Waals surface area contributed by atoms with E-state index in [4.69, 9.17) is 9.52 Å². The van der Waals surface area contributed by atoms with Crippen LogP contribution in [0.2, 0.25) is 0 Å². The summed E-state index contributed by atoms with van der Waals surface area (Å²) in [5.74, 6) is 0.233. The first-order valence-corrected chi connectivity index (χ1v) is 7.23. The lowest BCUT2D eigenvalue weighted by Gasteiger charge is -2.11. The Morgan fingerprint density at radius 1 is 1.45 bits per heavy atom. The van der Waals surface area contributed by atoms with Crippen molar-refractivity contribution < 1.29 is 14.3 Å². The molecule has 2 rings (SSSR count). The maximum atomic E-state index is 11.8. The highest BCUT2D eigenvalue weighted by atomic mass is 16.4. The Morgan fingerprint density at radius 2 is 2.23 bits per heavy atom. The molecule has 2 aromatic rings. The number of amides is 2. The lowest BCUT2D eigenvalue weighted by Crippen LogP contribution is -2.32. The predicted octanol–water partition coefficient (Wildman–Crippen LogP) is 2.03. The van der Waals surface area contributed by atoms with E-state index in [1.807, 2.05) is 21.0 Å². The molecular weight excluding hydrogens is 284 g/mol. The Balaban J connectivity index is 1.97. The van der Waals surface area contributed by atoms with Crippen LogP contribution in [-0.4, -0.2) is 43.4 Å². The van der Waals surface area contributed by atoms with Crippen molar-refractivity contribution in [3.05, 3.63) is 18.2 Å². The lowest BCUT2D eigenvalue weighted by atomic mass is 10.1. The van der Waals surface area contributed by atoms with E-state index >= 15 is 0 Å². The van der Waals surface area contributed by atoms with Crippen LogP contribution in [0.5, 0.6) is 0 Å². The second-order valence-electron chi connectivity index (χ2n) is 5.53. The molecule has 7 heteroatoms. The number of hydrogen-bond acceptors (Lipinski definition) is 5. The first-order valence-electron chi connectivity index (χ1n) is 7.23. The van der Waals surface area contributed by atoms with Gasteiger partial charge < -0.3 is 25.1 Å². The average molecular weight is 306 g/mol. The number of hydrogen-bond donors (Lipinski definition) is 3. The summed E-state index contributed by atoms with van der Waals surface area (Å²) in [4.78, 5) is 18.0. The minimum absolute atomic E-state index is 0.126. The van der Waals surface area contributed by atoms with Crippen molar-refractivity contribution in [3.8, 4) is 0 Å². The SMILES string of the molecule is CC(CCO)CNC(=O)Nc1ccc2oc(N(C)C)nc2c1. The predicted molar refractivity (Wildman–Crippen MR) is 86.2 cm³/mol. The van der Waals surface area contributed by atoms with Crippen molar-refractivity contribution in [2.45, 2.75) is 13.3 Å².